The predicted octanol–water partition coefficient (Wildman–Crippen LogP) is 13.9. The molecule has 0 saturated heterocycles. The minimum absolute atomic E-state index is 0.0381. The van der Waals surface area contributed by atoms with Crippen LogP contribution in [0.2, 0.25) is 0 Å². The normalized spacial score (nSPS) is 14.8. The van der Waals surface area contributed by atoms with Gasteiger partial charge in [0.15, 0.2) is 0 Å². The highest BCUT2D eigenvalue weighted by Crippen LogP contribution is 2.46. The molecule has 1 fully saturated rings. The summed E-state index contributed by atoms with van der Waals surface area (Å²) in [5.74, 6) is 0. The highest BCUT2D eigenvalue weighted by Gasteiger charge is 2.34. The molecule has 2 nitrogen and oxygen atoms in total. The van der Waals surface area contributed by atoms with Gasteiger partial charge in [-0.15, -0.1) is 0 Å². The summed E-state index contributed by atoms with van der Waals surface area (Å²) in [5, 5.41) is 4.74. The summed E-state index contributed by atoms with van der Waals surface area (Å²) in [6.07, 6.45) is 8.91. The number of hydrogen-bond acceptors (Lipinski definition) is 2. The van der Waals surface area contributed by atoms with E-state index in [0.29, 0.717) is 0 Å². The van der Waals surface area contributed by atoms with Gasteiger partial charge in [-0.1, -0.05) is 147 Å². The van der Waals surface area contributed by atoms with Gasteiger partial charge in [0.2, 0.25) is 0 Å². The zero-order valence-corrected chi connectivity index (χ0v) is 28.4. The molecule has 1 heterocycles. The van der Waals surface area contributed by atoms with Crippen LogP contribution < -0.4 is 4.90 Å². The van der Waals surface area contributed by atoms with Crippen molar-refractivity contribution in [3.05, 3.63) is 175 Å². The van der Waals surface area contributed by atoms with Crippen LogP contribution >= 0.6 is 0 Å². The Morgan fingerprint density at radius 2 is 1.06 bits per heavy atom. The molecule has 1 aliphatic carbocycles. The van der Waals surface area contributed by atoms with Gasteiger partial charge in [0.25, 0.3) is 0 Å². The molecule has 7 aromatic carbocycles. The molecule has 1 aromatic heterocycles. The van der Waals surface area contributed by atoms with Gasteiger partial charge in [-0.2, -0.15) is 0 Å². The van der Waals surface area contributed by atoms with Gasteiger partial charge in [0.05, 0.1) is 0 Å². The van der Waals surface area contributed by atoms with Gasteiger partial charge < -0.3 is 9.32 Å². The van der Waals surface area contributed by atoms with Crippen molar-refractivity contribution in [2.75, 3.05) is 4.90 Å². The van der Waals surface area contributed by atoms with Crippen LogP contribution in [0, 0.1) is 0 Å². The second kappa shape index (κ2) is 13.0. The standard InChI is InChI=1S/C48H41NO/c1-2-12-31-48(32-13-3-1,38-19-8-5-9-20-38)39-24-27-40(28-25-39)49(41-26-23-35-15-10-11-18-37(35)33-41)42-29-30-45-44(34-42)47-43(21-14-22-46(47)50-45)36-16-6-4-7-17-36/h4-11,14-30,33-34H,1-3,12-13,31-32H2. The fraction of sp³-hybridized carbons (Fsp3) is 0.167. The van der Waals surface area contributed by atoms with E-state index in [2.05, 4.69) is 169 Å². The molecule has 0 amide bonds. The highest BCUT2D eigenvalue weighted by atomic mass is 16.3. The Bertz CT molecular complexity index is 2400. The van der Waals surface area contributed by atoms with Crippen LogP contribution in [-0.4, -0.2) is 0 Å². The average molecular weight is 648 g/mol. The predicted molar refractivity (Wildman–Crippen MR) is 211 cm³/mol. The summed E-state index contributed by atoms with van der Waals surface area (Å²) in [6, 6.07) is 59.9. The zero-order chi connectivity index (χ0) is 33.3. The van der Waals surface area contributed by atoms with Crippen molar-refractivity contribution in [3.8, 4) is 11.1 Å². The van der Waals surface area contributed by atoms with Crippen LogP contribution in [0.4, 0.5) is 17.1 Å². The van der Waals surface area contributed by atoms with E-state index >= 15 is 0 Å². The Kier molecular flexibility index (Phi) is 7.93. The second-order valence-electron chi connectivity index (χ2n) is 14.0. The van der Waals surface area contributed by atoms with Crippen molar-refractivity contribution < 1.29 is 4.42 Å². The van der Waals surface area contributed by atoms with Crippen molar-refractivity contribution in [3.63, 3.8) is 0 Å². The fourth-order valence-electron chi connectivity index (χ4n) is 8.51. The first-order valence-corrected chi connectivity index (χ1v) is 18.2. The minimum Gasteiger partial charge on any atom is -0.456 e. The molecular formula is C48H41NO. The molecule has 1 saturated carbocycles. The van der Waals surface area contributed by atoms with Crippen molar-refractivity contribution in [2.45, 2.75) is 50.4 Å². The van der Waals surface area contributed by atoms with Gasteiger partial charge in [-0.3, -0.25) is 0 Å². The van der Waals surface area contributed by atoms with E-state index < -0.39 is 0 Å². The van der Waals surface area contributed by atoms with E-state index in [1.54, 1.807) is 0 Å². The largest absolute Gasteiger partial charge is 0.456 e. The van der Waals surface area contributed by atoms with E-state index in [0.717, 1.165) is 39.0 Å². The SMILES string of the molecule is c1ccc(-c2cccc3oc4ccc(N(c5ccc(C6(c7ccccc7)CCCCCCC6)cc5)c5ccc6ccccc6c5)cc4c23)cc1. The van der Waals surface area contributed by atoms with E-state index in [9.17, 15) is 0 Å². The van der Waals surface area contributed by atoms with Crippen molar-refractivity contribution >= 4 is 49.8 Å². The van der Waals surface area contributed by atoms with Crippen LogP contribution in [0.1, 0.15) is 56.1 Å². The highest BCUT2D eigenvalue weighted by molar-refractivity contribution is 6.13. The third-order valence-electron chi connectivity index (χ3n) is 11.0. The first-order chi connectivity index (χ1) is 24.8. The quantitative estimate of drug-likeness (QED) is 0.179. The Hall–Kier alpha value is -5.60. The average Bonchev–Trinajstić information content (AvgIpc) is 3.55. The van der Waals surface area contributed by atoms with E-state index in [1.165, 1.54) is 78.0 Å². The summed E-state index contributed by atoms with van der Waals surface area (Å²) in [7, 11) is 0. The lowest BCUT2D eigenvalue weighted by Gasteiger charge is -2.37. The van der Waals surface area contributed by atoms with Gasteiger partial charge in [0, 0.05) is 33.2 Å². The van der Waals surface area contributed by atoms with Gasteiger partial charge in [-0.25, -0.2) is 0 Å². The molecule has 244 valence electrons. The number of fused-ring (bicyclic) bond motifs is 4. The van der Waals surface area contributed by atoms with Crippen LogP contribution in [0.5, 0.6) is 0 Å². The number of benzene rings is 7. The lowest BCUT2D eigenvalue weighted by molar-refractivity contribution is 0.366. The first kappa shape index (κ1) is 30.5. The van der Waals surface area contributed by atoms with Crippen LogP contribution in [0.3, 0.4) is 0 Å². The van der Waals surface area contributed by atoms with E-state index in [-0.39, 0.29) is 5.41 Å². The third-order valence-corrected chi connectivity index (χ3v) is 11.0. The Balaban J connectivity index is 1.21. The Morgan fingerprint density at radius 3 is 1.84 bits per heavy atom. The molecule has 50 heavy (non-hydrogen) atoms. The molecule has 0 spiro atoms. The molecule has 0 N–H and O–H groups in total. The fourth-order valence-corrected chi connectivity index (χ4v) is 8.51. The van der Waals surface area contributed by atoms with Gasteiger partial charge in [-0.05, 0) is 94.4 Å². The lowest BCUT2D eigenvalue weighted by Crippen LogP contribution is -2.29. The monoisotopic (exact) mass is 647 g/mol. The topological polar surface area (TPSA) is 16.4 Å². The molecule has 2 heteroatoms. The number of hydrogen-bond donors (Lipinski definition) is 0. The first-order valence-electron chi connectivity index (χ1n) is 18.2. The Morgan fingerprint density at radius 1 is 0.440 bits per heavy atom. The summed E-state index contributed by atoms with van der Waals surface area (Å²) in [4.78, 5) is 2.41. The third kappa shape index (κ3) is 5.46. The van der Waals surface area contributed by atoms with Gasteiger partial charge >= 0.3 is 0 Å². The number of rotatable bonds is 6. The van der Waals surface area contributed by atoms with Crippen LogP contribution in [0.15, 0.2) is 168 Å². The second-order valence-corrected chi connectivity index (χ2v) is 14.0. The smallest absolute Gasteiger partial charge is 0.136 e. The molecule has 0 atom stereocenters. The van der Waals surface area contributed by atoms with Crippen LogP contribution in [0.25, 0.3) is 43.8 Å². The lowest BCUT2D eigenvalue weighted by atomic mass is 9.67. The molecular weight excluding hydrogens is 607 g/mol. The van der Waals surface area contributed by atoms with Crippen LogP contribution in [-0.2, 0) is 5.41 Å². The number of anilines is 3. The van der Waals surface area contributed by atoms with Gasteiger partial charge in [0.1, 0.15) is 11.2 Å². The van der Waals surface area contributed by atoms with E-state index in [1.807, 2.05) is 0 Å². The maximum absolute atomic E-state index is 6.46. The van der Waals surface area contributed by atoms with Crippen molar-refractivity contribution in [1.82, 2.24) is 0 Å². The maximum atomic E-state index is 6.46. The molecule has 0 aliphatic heterocycles. The number of nitrogens with zero attached hydrogens (tertiary/aromatic N) is 1. The molecule has 0 bridgehead atoms. The summed E-state index contributed by atoms with van der Waals surface area (Å²) >= 11 is 0. The minimum atomic E-state index is 0.0381. The summed E-state index contributed by atoms with van der Waals surface area (Å²) in [6.45, 7) is 0. The van der Waals surface area contributed by atoms with Crippen molar-refractivity contribution in [1.29, 1.82) is 0 Å². The summed E-state index contributed by atoms with van der Waals surface area (Å²) < 4.78 is 6.46. The van der Waals surface area contributed by atoms with Crippen molar-refractivity contribution in [2.24, 2.45) is 0 Å². The number of furan rings is 1. The zero-order valence-electron chi connectivity index (χ0n) is 28.4. The molecule has 8 aromatic rings. The molecule has 1 aliphatic rings. The molecule has 0 unspecified atom stereocenters. The molecule has 9 rings (SSSR count). The molecule has 0 radical (unpaired) electrons. The maximum Gasteiger partial charge on any atom is 0.136 e. The van der Waals surface area contributed by atoms with E-state index in [4.69, 9.17) is 4.42 Å². The summed E-state index contributed by atoms with van der Waals surface area (Å²) in [5.41, 5.74) is 10.5. The Labute approximate surface area is 294 Å².